The van der Waals surface area contributed by atoms with Crippen LogP contribution in [-0.4, -0.2) is 37.9 Å². The molecule has 0 aromatic heterocycles. The molecule has 0 radical (unpaired) electrons. The lowest BCUT2D eigenvalue weighted by atomic mass is 10.2. The number of nitrogens with one attached hydrogen (secondary N) is 1. The lowest BCUT2D eigenvalue weighted by molar-refractivity contribution is -0.124. The minimum absolute atomic E-state index is 0.0618. The molecule has 5 nitrogen and oxygen atoms in total. The quantitative estimate of drug-likeness (QED) is 0.908. The molecule has 0 unspecified atom stereocenters. The van der Waals surface area contributed by atoms with Crippen LogP contribution in [0.15, 0.2) is 18.2 Å². The molecule has 2 atom stereocenters. The van der Waals surface area contributed by atoms with Crippen molar-refractivity contribution in [2.24, 2.45) is 0 Å². The third kappa shape index (κ3) is 3.75. The first-order valence-corrected chi connectivity index (χ1v) is 7.69. The van der Waals surface area contributed by atoms with Crippen molar-refractivity contribution in [1.82, 2.24) is 0 Å². The average Bonchev–Trinajstić information content (AvgIpc) is 3.20. The third-order valence-corrected chi connectivity index (χ3v) is 3.87. The molecule has 1 aromatic carbocycles. The molecule has 22 heavy (non-hydrogen) atoms. The van der Waals surface area contributed by atoms with Gasteiger partial charge in [0, 0.05) is 19.3 Å². The Bertz CT molecular complexity index is 525. The fourth-order valence-corrected chi connectivity index (χ4v) is 2.68. The lowest BCUT2D eigenvalue weighted by Gasteiger charge is -2.16. The van der Waals surface area contributed by atoms with Crippen LogP contribution in [-0.2, 0) is 14.3 Å². The van der Waals surface area contributed by atoms with Crippen molar-refractivity contribution >= 4 is 11.6 Å². The summed E-state index contributed by atoms with van der Waals surface area (Å²) in [7, 11) is 0. The van der Waals surface area contributed by atoms with E-state index in [4.69, 9.17) is 14.2 Å². The highest BCUT2D eigenvalue weighted by Gasteiger charge is 2.25. The van der Waals surface area contributed by atoms with Gasteiger partial charge in [0.25, 0.3) is 5.91 Å². The summed E-state index contributed by atoms with van der Waals surface area (Å²) < 4.78 is 30.0. The van der Waals surface area contributed by atoms with Gasteiger partial charge in [0.05, 0.1) is 11.8 Å². The zero-order valence-corrected chi connectivity index (χ0v) is 12.3. The zero-order chi connectivity index (χ0) is 15.4. The monoisotopic (exact) mass is 309 g/mol. The van der Waals surface area contributed by atoms with Crippen molar-refractivity contribution in [3.05, 3.63) is 24.0 Å². The van der Waals surface area contributed by atoms with Gasteiger partial charge in [0.2, 0.25) is 0 Å². The van der Waals surface area contributed by atoms with Gasteiger partial charge in [-0.15, -0.1) is 0 Å². The van der Waals surface area contributed by atoms with Crippen LogP contribution in [0.3, 0.4) is 0 Å². The van der Waals surface area contributed by atoms with Gasteiger partial charge in [-0.05, 0) is 37.8 Å². The predicted molar refractivity (Wildman–Crippen MR) is 78.5 cm³/mol. The molecule has 0 saturated carbocycles. The molecule has 2 heterocycles. The van der Waals surface area contributed by atoms with Gasteiger partial charge in [-0.3, -0.25) is 4.79 Å². The maximum atomic E-state index is 13.5. The summed E-state index contributed by atoms with van der Waals surface area (Å²) in [6.45, 7) is 1.73. The summed E-state index contributed by atoms with van der Waals surface area (Å²) in [4.78, 5) is 12.1. The van der Waals surface area contributed by atoms with E-state index in [-0.39, 0.29) is 12.0 Å². The van der Waals surface area contributed by atoms with E-state index < -0.39 is 11.9 Å². The van der Waals surface area contributed by atoms with Crippen molar-refractivity contribution in [1.29, 1.82) is 0 Å². The van der Waals surface area contributed by atoms with Crippen LogP contribution in [0, 0.1) is 5.82 Å². The van der Waals surface area contributed by atoms with Gasteiger partial charge >= 0.3 is 0 Å². The van der Waals surface area contributed by atoms with Crippen LogP contribution in [0.25, 0.3) is 0 Å². The minimum Gasteiger partial charge on any atom is -0.489 e. The molecule has 1 aromatic rings. The Morgan fingerprint density at radius 3 is 2.82 bits per heavy atom. The number of ether oxygens (including phenoxy) is 3. The van der Waals surface area contributed by atoms with Crippen LogP contribution in [0.1, 0.15) is 25.7 Å². The smallest absolute Gasteiger partial charge is 0.253 e. The summed E-state index contributed by atoms with van der Waals surface area (Å²) in [6.07, 6.45) is 3.14. The molecule has 2 aliphatic heterocycles. The first kappa shape index (κ1) is 15.2. The summed E-state index contributed by atoms with van der Waals surface area (Å²) in [6, 6.07) is 4.10. The molecule has 2 fully saturated rings. The van der Waals surface area contributed by atoms with E-state index in [9.17, 15) is 9.18 Å². The Balaban J connectivity index is 1.65. The Morgan fingerprint density at radius 1 is 1.27 bits per heavy atom. The molecule has 1 amide bonds. The van der Waals surface area contributed by atoms with Crippen molar-refractivity contribution in [2.45, 2.75) is 37.9 Å². The molecule has 0 aliphatic carbocycles. The van der Waals surface area contributed by atoms with Gasteiger partial charge in [-0.1, -0.05) is 0 Å². The van der Waals surface area contributed by atoms with Crippen LogP contribution in [0.2, 0.25) is 0 Å². The molecule has 0 spiro atoms. The second-order valence-electron chi connectivity index (χ2n) is 5.58. The molecule has 2 aliphatic rings. The minimum atomic E-state index is -0.464. The molecular formula is C16H20FNO4. The van der Waals surface area contributed by atoms with Gasteiger partial charge < -0.3 is 19.5 Å². The Labute approximate surface area is 128 Å². The van der Waals surface area contributed by atoms with Crippen molar-refractivity contribution in [3.63, 3.8) is 0 Å². The van der Waals surface area contributed by atoms with Crippen molar-refractivity contribution < 1.29 is 23.4 Å². The van der Waals surface area contributed by atoms with E-state index >= 15 is 0 Å². The average molecular weight is 309 g/mol. The number of amides is 1. The first-order chi connectivity index (χ1) is 10.7. The summed E-state index contributed by atoms with van der Waals surface area (Å²) in [5.74, 6) is -0.236. The van der Waals surface area contributed by atoms with Gasteiger partial charge in [0.15, 0.2) is 0 Å². The first-order valence-electron chi connectivity index (χ1n) is 7.69. The molecule has 120 valence electrons. The summed E-state index contributed by atoms with van der Waals surface area (Å²) in [5, 5.41) is 2.70. The number of benzene rings is 1. The fraction of sp³-hybridized carbons (Fsp3) is 0.562. The van der Waals surface area contributed by atoms with Crippen LogP contribution in [0.5, 0.6) is 5.75 Å². The highest BCUT2D eigenvalue weighted by molar-refractivity contribution is 5.95. The van der Waals surface area contributed by atoms with Gasteiger partial charge in [-0.25, -0.2) is 4.39 Å². The largest absolute Gasteiger partial charge is 0.489 e. The van der Waals surface area contributed by atoms with E-state index in [1.807, 2.05) is 0 Å². The van der Waals surface area contributed by atoms with E-state index in [1.165, 1.54) is 18.2 Å². The van der Waals surface area contributed by atoms with Gasteiger partial charge in [0.1, 0.15) is 24.3 Å². The van der Waals surface area contributed by atoms with Crippen LogP contribution in [0.4, 0.5) is 10.1 Å². The van der Waals surface area contributed by atoms with Crippen LogP contribution >= 0.6 is 0 Å². The molecule has 0 bridgehead atoms. The lowest BCUT2D eigenvalue weighted by Crippen LogP contribution is -2.27. The second kappa shape index (κ2) is 7.07. The standard InChI is InChI=1S/C16H20FNO4/c17-11-5-6-14(22-10-12-3-1-7-20-12)13(9-11)18-16(19)15-4-2-8-21-15/h5-6,9,12,15H,1-4,7-8,10H2,(H,18,19)/t12-,15+/m1/s1. The zero-order valence-electron chi connectivity index (χ0n) is 12.3. The predicted octanol–water partition coefficient (Wildman–Crippen LogP) is 2.50. The number of anilines is 1. The number of hydrogen-bond donors (Lipinski definition) is 1. The highest BCUT2D eigenvalue weighted by atomic mass is 19.1. The van der Waals surface area contributed by atoms with Crippen molar-refractivity contribution in [3.8, 4) is 5.75 Å². The second-order valence-corrected chi connectivity index (χ2v) is 5.58. The van der Waals surface area contributed by atoms with E-state index in [1.54, 1.807) is 0 Å². The topological polar surface area (TPSA) is 56.8 Å². The fourth-order valence-electron chi connectivity index (χ4n) is 2.68. The summed E-state index contributed by atoms with van der Waals surface area (Å²) >= 11 is 0. The maximum Gasteiger partial charge on any atom is 0.253 e. The molecule has 3 rings (SSSR count). The Kier molecular flexibility index (Phi) is 4.90. The highest BCUT2D eigenvalue weighted by Crippen LogP contribution is 2.27. The molecule has 2 saturated heterocycles. The van der Waals surface area contributed by atoms with Crippen LogP contribution < -0.4 is 10.1 Å². The number of halogens is 1. The SMILES string of the molecule is O=C(Nc1cc(F)ccc1OC[C@H]1CCCO1)[C@@H]1CCCO1. The van der Waals surface area contributed by atoms with Crippen molar-refractivity contribution in [2.75, 3.05) is 25.1 Å². The Morgan fingerprint density at radius 2 is 2.09 bits per heavy atom. The molecular weight excluding hydrogens is 289 g/mol. The number of carbonyl (C=O) groups excluding carboxylic acids is 1. The van der Waals surface area contributed by atoms with E-state index in [2.05, 4.69) is 5.32 Å². The summed E-state index contributed by atoms with van der Waals surface area (Å²) in [5.41, 5.74) is 0.332. The number of rotatable bonds is 5. The van der Waals surface area contributed by atoms with E-state index in [0.717, 1.165) is 25.9 Å². The van der Waals surface area contributed by atoms with Gasteiger partial charge in [-0.2, -0.15) is 0 Å². The molecule has 6 heteroatoms. The number of hydrogen-bond acceptors (Lipinski definition) is 4. The molecule has 1 N–H and O–H groups in total. The maximum absolute atomic E-state index is 13.5. The third-order valence-electron chi connectivity index (χ3n) is 3.87. The Hall–Kier alpha value is -1.66. The normalized spacial score (nSPS) is 24.4. The number of carbonyl (C=O) groups is 1. The van der Waals surface area contributed by atoms with E-state index in [0.29, 0.717) is 31.1 Å².